The summed E-state index contributed by atoms with van der Waals surface area (Å²) in [5.41, 5.74) is 4.73. The van der Waals surface area contributed by atoms with Gasteiger partial charge in [0.2, 0.25) is 10.0 Å². The Hall–Kier alpha value is -2.74. The molecule has 180 valence electrons. The molecule has 3 aromatic rings. The van der Waals surface area contributed by atoms with Gasteiger partial charge in [0, 0.05) is 6.20 Å². The molecule has 18 heteroatoms. The topological polar surface area (TPSA) is 134 Å². The van der Waals surface area contributed by atoms with E-state index in [1.54, 1.807) is 6.07 Å². The van der Waals surface area contributed by atoms with Gasteiger partial charge in [0.05, 0.1) is 28.5 Å². The SMILES string of the molecule is CS(=O)(=O)N(Cc1ccn[nH]1)c1c(C#N)nn(-c2c(Cl)cc(S(F)(F)(F)(F)F)cc2Cl)c1N. The van der Waals surface area contributed by atoms with Crippen LogP contribution in [-0.2, 0) is 16.6 Å². The number of nitrogens with zero attached hydrogens (tertiary/aromatic N) is 5. The molecule has 0 radical (unpaired) electrons. The number of hydrogen-bond donors (Lipinski definition) is 2. The van der Waals surface area contributed by atoms with Crippen molar-refractivity contribution in [1.82, 2.24) is 20.0 Å². The molecule has 2 aromatic heterocycles. The van der Waals surface area contributed by atoms with Crippen LogP contribution in [0, 0.1) is 11.3 Å². The van der Waals surface area contributed by atoms with Gasteiger partial charge in [0.25, 0.3) is 0 Å². The molecule has 0 saturated heterocycles. The second-order valence-corrected chi connectivity index (χ2v) is 11.8. The van der Waals surface area contributed by atoms with Crippen molar-refractivity contribution >= 4 is 55.0 Å². The quantitative estimate of drug-likeness (QED) is 0.415. The van der Waals surface area contributed by atoms with Gasteiger partial charge in [-0.15, -0.1) is 0 Å². The number of H-pyrrole nitrogens is 1. The van der Waals surface area contributed by atoms with Gasteiger partial charge in [-0.1, -0.05) is 42.6 Å². The second-order valence-electron chi connectivity index (χ2n) is 6.66. The number of aromatic amines is 1. The lowest BCUT2D eigenvalue weighted by Crippen LogP contribution is -2.30. The van der Waals surface area contributed by atoms with E-state index in [9.17, 15) is 33.1 Å². The third-order valence-corrected chi connectivity index (χ3v) is 6.99. The average molecular weight is 552 g/mol. The van der Waals surface area contributed by atoms with Crippen molar-refractivity contribution in [2.45, 2.75) is 11.4 Å². The second kappa shape index (κ2) is 7.13. The summed E-state index contributed by atoms with van der Waals surface area (Å²) in [5.74, 6) is -0.555. The Kier molecular flexibility index (Phi) is 5.38. The first-order chi connectivity index (χ1) is 14.8. The Morgan fingerprint density at radius 2 is 1.82 bits per heavy atom. The minimum atomic E-state index is -10.1. The normalized spacial score (nSPS) is 14.4. The lowest BCUT2D eigenvalue weighted by Gasteiger charge is -2.40. The zero-order valence-electron chi connectivity index (χ0n) is 16.1. The molecule has 0 amide bonds. The molecule has 0 spiro atoms. The highest BCUT2D eigenvalue weighted by Gasteiger charge is 2.65. The van der Waals surface area contributed by atoms with Crippen molar-refractivity contribution < 1.29 is 27.8 Å². The maximum absolute atomic E-state index is 13.2. The van der Waals surface area contributed by atoms with Crippen LogP contribution in [0.4, 0.5) is 30.9 Å². The summed E-state index contributed by atoms with van der Waals surface area (Å²) in [6, 6.07) is 2.94. The van der Waals surface area contributed by atoms with Crippen molar-refractivity contribution in [1.29, 1.82) is 5.26 Å². The lowest BCUT2D eigenvalue weighted by atomic mass is 10.3. The molecule has 3 N–H and O–H groups in total. The molecule has 3 rings (SSSR count). The summed E-state index contributed by atoms with van der Waals surface area (Å²) in [6.45, 7) is -0.367. The van der Waals surface area contributed by atoms with Gasteiger partial charge < -0.3 is 5.73 Å². The molecule has 0 aliphatic heterocycles. The van der Waals surface area contributed by atoms with Crippen LogP contribution < -0.4 is 10.0 Å². The Morgan fingerprint density at radius 3 is 2.24 bits per heavy atom. The van der Waals surface area contributed by atoms with E-state index in [0.717, 1.165) is 6.26 Å². The van der Waals surface area contributed by atoms with Crippen LogP contribution in [0.15, 0.2) is 29.3 Å². The van der Waals surface area contributed by atoms with E-state index in [4.69, 9.17) is 28.9 Å². The number of aromatic nitrogens is 4. The molecule has 0 aliphatic carbocycles. The van der Waals surface area contributed by atoms with E-state index in [2.05, 4.69) is 15.3 Å². The number of halogens is 7. The van der Waals surface area contributed by atoms with Crippen molar-refractivity contribution in [2.24, 2.45) is 0 Å². The number of benzene rings is 1. The van der Waals surface area contributed by atoms with Gasteiger partial charge >= 0.3 is 10.2 Å². The number of nitrogens with two attached hydrogens (primary N) is 1. The van der Waals surface area contributed by atoms with Gasteiger partial charge in [0.15, 0.2) is 11.5 Å². The predicted molar refractivity (Wildman–Crippen MR) is 114 cm³/mol. The van der Waals surface area contributed by atoms with Crippen molar-refractivity contribution in [3.63, 3.8) is 0 Å². The van der Waals surface area contributed by atoms with Crippen LogP contribution in [0.25, 0.3) is 5.69 Å². The first-order valence-corrected chi connectivity index (χ1v) is 12.9. The summed E-state index contributed by atoms with van der Waals surface area (Å²) in [4.78, 5) is -2.35. The summed E-state index contributed by atoms with van der Waals surface area (Å²) < 4.78 is 92.0. The van der Waals surface area contributed by atoms with E-state index >= 15 is 0 Å². The molecule has 0 fully saturated rings. The Morgan fingerprint density at radius 1 is 1.24 bits per heavy atom. The highest BCUT2D eigenvalue weighted by atomic mass is 35.5. The van der Waals surface area contributed by atoms with Crippen LogP contribution in [-0.4, -0.2) is 34.7 Å². The van der Waals surface area contributed by atoms with Crippen LogP contribution in [0.3, 0.4) is 0 Å². The largest absolute Gasteiger partial charge is 0.382 e. The zero-order chi connectivity index (χ0) is 25.0. The number of anilines is 2. The molecule has 0 unspecified atom stereocenters. The molecular weight excluding hydrogens is 540 g/mol. The standard InChI is InChI=1S/C15H12Cl2F5N7O2S2/c1-32(30,31)28(7-8-2-3-25-26-8)14-12(6-23)27-29(15(14)24)13-10(16)4-9(5-11(13)17)33(18,19,20,21)22/h2-5H,7,24H2,1H3,(H,25,26). The highest BCUT2D eigenvalue weighted by Crippen LogP contribution is 3.02. The van der Waals surface area contributed by atoms with Crippen molar-refractivity contribution in [3.05, 3.63) is 45.8 Å². The number of sulfonamides is 1. The molecule has 1 aromatic carbocycles. The fraction of sp³-hybridized carbons (Fsp3) is 0.133. The number of hydrogen-bond acceptors (Lipinski definition) is 6. The fourth-order valence-electron chi connectivity index (χ4n) is 2.77. The van der Waals surface area contributed by atoms with E-state index in [0.29, 0.717) is 14.7 Å². The average Bonchev–Trinajstić information content (AvgIpc) is 3.24. The molecule has 2 heterocycles. The monoisotopic (exact) mass is 551 g/mol. The van der Waals surface area contributed by atoms with Crippen LogP contribution in [0.1, 0.15) is 11.4 Å². The Balaban J connectivity index is 2.25. The summed E-state index contributed by atoms with van der Waals surface area (Å²) in [5, 5.41) is 17.6. The van der Waals surface area contributed by atoms with E-state index in [-0.39, 0.29) is 18.7 Å². The molecule has 9 nitrogen and oxygen atoms in total. The van der Waals surface area contributed by atoms with Gasteiger partial charge in [-0.3, -0.25) is 9.40 Å². The minimum Gasteiger partial charge on any atom is -0.382 e. The number of nitrogens with one attached hydrogen (secondary N) is 1. The van der Waals surface area contributed by atoms with Gasteiger partial charge in [-0.25, -0.2) is 13.1 Å². The minimum absolute atomic E-state index is 0.0594. The predicted octanol–water partition coefficient (Wildman–Crippen LogP) is 4.98. The van der Waals surface area contributed by atoms with Crippen molar-refractivity contribution in [3.8, 4) is 11.8 Å². The molecule has 0 bridgehead atoms. The van der Waals surface area contributed by atoms with E-state index in [1.165, 1.54) is 12.3 Å². The maximum Gasteiger partial charge on any atom is 0.310 e. The summed E-state index contributed by atoms with van der Waals surface area (Å²) in [7, 11) is -14.2. The van der Waals surface area contributed by atoms with Crippen LogP contribution in [0.2, 0.25) is 10.0 Å². The first-order valence-electron chi connectivity index (χ1n) is 8.31. The maximum atomic E-state index is 13.2. The van der Waals surface area contributed by atoms with Gasteiger partial charge in [-0.05, 0) is 18.2 Å². The number of nitrogen functional groups attached to an aromatic ring is 1. The molecule has 0 aliphatic rings. The van der Waals surface area contributed by atoms with Crippen LogP contribution in [0.5, 0.6) is 0 Å². The summed E-state index contributed by atoms with van der Waals surface area (Å²) in [6.07, 6.45) is 2.15. The molecule has 33 heavy (non-hydrogen) atoms. The van der Waals surface area contributed by atoms with E-state index < -0.39 is 58.1 Å². The third-order valence-electron chi connectivity index (χ3n) is 4.17. The summed E-state index contributed by atoms with van der Waals surface area (Å²) >= 11 is 11.6. The van der Waals surface area contributed by atoms with E-state index in [1.807, 2.05) is 0 Å². The van der Waals surface area contributed by atoms with Gasteiger partial charge in [-0.2, -0.15) is 15.5 Å². The first kappa shape index (κ1) is 24.9. The Labute approximate surface area is 193 Å². The molecule has 0 saturated carbocycles. The lowest BCUT2D eigenvalue weighted by molar-refractivity contribution is 0.364. The number of rotatable bonds is 6. The smallest absolute Gasteiger partial charge is 0.310 e. The van der Waals surface area contributed by atoms with Gasteiger partial charge in [0.1, 0.15) is 22.3 Å². The fourth-order valence-corrected chi connectivity index (χ4v) is 5.11. The molecular formula is C15H12Cl2F5N7O2S2. The molecule has 0 atom stereocenters. The third kappa shape index (κ3) is 4.95. The number of nitriles is 1. The van der Waals surface area contributed by atoms with Crippen LogP contribution >= 0.6 is 33.4 Å². The highest BCUT2D eigenvalue weighted by molar-refractivity contribution is 8.45. The Bertz CT molecular complexity index is 1380. The van der Waals surface area contributed by atoms with Crippen molar-refractivity contribution in [2.75, 3.05) is 16.3 Å². The zero-order valence-corrected chi connectivity index (χ0v) is 19.3.